The Labute approximate surface area is 123 Å². The fourth-order valence-electron chi connectivity index (χ4n) is 2.00. The fourth-order valence-corrected chi connectivity index (χ4v) is 2.21. The maximum atomic E-state index is 13.1. The van der Waals surface area contributed by atoms with E-state index in [2.05, 4.69) is 5.10 Å². The van der Waals surface area contributed by atoms with Gasteiger partial charge in [-0.1, -0.05) is 30.7 Å². The van der Waals surface area contributed by atoms with Gasteiger partial charge in [-0.2, -0.15) is 23.3 Å². The fraction of sp³-hybridized carbons (Fsp3) is 0.385. The van der Waals surface area contributed by atoms with Gasteiger partial charge in [0.2, 0.25) is 0 Å². The average Bonchev–Trinajstić information content (AvgIpc) is 2.77. The molecule has 8 heteroatoms. The Bertz CT molecular complexity index is 603. The summed E-state index contributed by atoms with van der Waals surface area (Å²) in [6.45, 7) is 1.60. The number of aliphatic hydroxyl groups is 1. The van der Waals surface area contributed by atoms with E-state index < -0.39 is 24.2 Å². The van der Waals surface area contributed by atoms with Crippen LogP contribution in [0.1, 0.15) is 30.1 Å². The van der Waals surface area contributed by atoms with Gasteiger partial charge in [-0.15, -0.1) is 0 Å². The summed E-state index contributed by atoms with van der Waals surface area (Å²) in [5, 5.41) is 13.6. The molecule has 0 saturated carbocycles. The first-order valence-corrected chi connectivity index (χ1v) is 6.53. The molecule has 1 aliphatic heterocycles. The van der Waals surface area contributed by atoms with Crippen LogP contribution in [-0.2, 0) is 0 Å². The monoisotopic (exact) mass is 320 g/mol. The second-order valence-corrected chi connectivity index (χ2v) is 5.01. The van der Waals surface area contributed by atoms with Crippen LogP contribution in [0.2, 0.25) is 5.02 Å². The quantitative estimate of drug-likeness (QED) is 0.909. The number of rotatable bonds is 2. The lowest BCUT2D eigenvalue weighted by Gasteiger charge is -2.32. The number of hydrazone groups is 1. The van der Waals surface area contributed by atoms with Gasteiger partial charge in [0.15, 0.2) is 0 Å². The Hall–Kier alpha value is -1.60. The number of hydrogen-bond acceptors (Lipinski definition) is 3. The van der Waals surface area contributed by atoms with Crippen LogP contribution in [0.4, 0.5) is 13.2 Å². The van der Waals surface area contributed by atoms with Crippen LogP contribution in [0.3, 0.4) is 0 Å². The van der Waals surface area contributed by atoms with Crippen molar-refractivity contribution in [1.29, 1.82) is 0 Å². The zero-order chi connectivity index (χ0) is 15.8. The highest BCUT2D eigenvalue weighted by Crippen LogP contribution is 2.41. The van der Waals surface area contributed by atoms with Crippen molar-refractivity contribution in [2.24, 2.45) is 5.10 Å². The molecule has 0 saturated heterocycles. The lowest BCUT2D eigenvalue weighted by Crippen LogP contribution is -2.56. The first-order chi connectivity index (χ1) is 9.70. The summed E-state index contributed by atoms with van der Waals surface area (Å²) in [5.74, 6) is -1.09. The van der Waals surface area contributed by atoms with E-state index in [1.807, 2.05) is 0 Å². The maximum Gasteiger partial charge on any atom is 0.438 e. The molecule has 1 amide bonds. The van der Waals surface area contributed by atoms with Crippen molar-refractivity contribution >= 4 is 23.2 Å². The molecule has 0 unspecified atom stereocenters. The SMILES string of the molecule is CCC1=NN(C(=O)c2ccccc2Cl)[C@@](O)(C(F)(F)F)C1. The summed E-state index contributed by atoms with van der Waals surface area (Å²) < 4.78 is 39.4. The molecule has 21 heavy (non-hydrogen) atoms. The molecule has 0 aliphatic carbocycles. The summed E-state index contributed by atoms with van der Waals surface area (Å²) in [6, 6.07) is 5.66. The van der Waals surface area contributed by atoms with Crippen molar-refractivity contribution in [2.45, 2.75) is 31.7 Å². The molecule has 114 valence electrons. The summed E-state index contributed by atoms with van der Waals surface area (Å²) >= 11 is 5.82. The van der Waals surface area contributed by atoms with Crippen molar-refractivity contribution in [1.82, 2.24) is 5.01 Å². The van der Waals surface area contributed by atoms with E-state index in [1.165, 1.54) is 18.2 Å². The molecule has 0 fully saturated rings. The average molecular weight is 321 g/mol. The molecular weight excluding hydrogens is 309 g/mol. The van der Waals surface area contributed by atoms with Gasteiger partial charge in [-0.05, 0) is 18.6 Å². The van der Waals surface area contributed by atoms with Crippen molar-refractivity contribution in [3.8, 4) is 0 Å². The Morgan fingerprint density at radius 2 is 2.10 bits per heavy atom. The predicted molar refractivity (Wildman–Crippen MR) is 71.0 cm³/mol. The largest absolute Gasteiger partial charge is 0.438 e. The van der Waals surface area contributed by atoms with E-state index in [1.54, 1.807) is 13.0 Å². The highest BCUT2D eigenvalue weighted by Gasteiger charge is 2.63. The number of halogens is 4. The molecule has 1 heterocycles. The number of alkyl halides is 3. The standard InChI is InChI=1S/C13H12ClF3N2O2/c1-2-8-7-12(21,13(15,16)17)19(18-8)11(20)9-5-3-4-6-10(9)14/h3-6,21H,2,7H2,1H3/t12-/m0/s1. The van der Waals surface area contributed by atoms with Gasteiger partial charge in [0.25, 0.3) is 11.6 Å². The summed E-state index contributed by atoms with van der Waals surface area (Å²) in [4.78, 5) is 12.3. The lowest BCUT2D eigenvalue weighted by atomic mass is 10.0. The molecule has 1 N–H and O–H groups in total. The highest BCUT2D eigenvalue weighted by molar-refractivity contribution is 6.33. The maximum absolute atomic E-state index is 13.1. The smallest absolute Gasteiger partial charge is 0.362 e. The molecule has 2 rings (SSSR count). The van der Waals surface area contributed by atoms with Crippen LogP contribution >= 0.6 is 11.6 Å². The molecular formula is C13H12ClF3N2O2. The summed E-state index contributed by atoms with van der Waals surface area (Å²) in [7, 11) is 0. The van der Waals surface area contributed by atoms with Crippen molar-refractivity contribution < 1.29 is 23.1 Å². The van der Waals surface area contributed by atoms with Gasteiger partial charge in [0.05, 0.1) is 10.6 Å². The number of hydrogen-bond donors (Lipinski definition) is 1. The molecule has 0 radical (unpaired) electrons. The number of carbonyl (C=O) groups excluding carboxylic acids is 1. The predicted octanol–water partition coefficient (Wildman–Crippen LogP) is 3.20. The van der Waals surface area contributed by atoms with Gasteiger partial charge >= 0.3 is 6.18 Å². The van der Waals surface area contributed by atoms with E-state index in [9.17, 15) is 23.1 Å². The summed E-state index contributed by atoms with van der Waals surface area (Å²) in [5.41, 5.74) is -3.40. The van der Waals surface area contributed by atoms with Crippen molar-refractivity contribution in [3.63, 3.8) is 0 Å². The molecule has 1 aromatic rings. The van der Waals surface area contributed by atoms with Gasteiger partial charge in [0.1, 0.15) is 0 Å². The number of carbonyl (C=O) groups is 1. The Kier molecular flexibility index (Phi) is 3.99. The van der Waals surface area contributed by atoms with Gasteiger partial charge in [-0.25, -0.2) is 0 Å². The van der Waals surface area contributed by atoms with Crippen LogP contribution in [0, 0.1) is 0 Å². The first-order valence-electron chi connectivity index (χ1n) is 6.15. The minimum Gasteiger partial charge on any atom is -0.362 e. The molecule has 0 aromatic heterocycles. The van der Waals surface area contributed by atoms with Gasteiger partial charge in [0, 0.05) is 12.1 Å². The molecule has 4 nitrogen and oxygen atoms in total. The third kappa shape index (κ3) is 2.63. The van der Waals surface area contributed by atoms with E-state index in [0.29, 0.717) is 0 Å². The second-order valence-electron chi connectivity index (χ2n) is 4.61. The third-order valence-electron chi connectivity index (χ3n) is 3.20. The number of benzene rings is 1. The van der Waals surface area contributed by atoms with E-state index in [0.717, 1.165) is 0 Å². The zero-order valence-electron chi connectivity index (χ0n) is 11.0. The second kappa shape index (κ2) is 5.31. The molecule has 1 atom stereocenters. The minimum absolute atomic E-state index is 0.00725. The van der Waals surface area contributed by atoms with Crippen LogP contribution < -0.4 is 0 Å². The van der Waals surface area contributed by atoms with Gasteiger partial charge < -0.3 is 5.11 Å². The van der Waals surface area contributed by atoms with E-state index in [-0.39, 0.29) is 27.7 Å². The topological polar surface area (TPSA) is 52.9 Å². The Morgan fingerprint density at radius 3 is 2.62 bits per heavy atom. The Morgan fingerprint density at radius 1 is 1.48 bits per heavy atom. The third-order valence-corrected chi connectivity index (χ3v) is 3.53. The normalized spacial score (nSPS) is 22.4. The van der Waals surface area contributed by atoms with Crippen LogP contribution in [0.25, 0.3) is 0 Å². The molecule has 0 bridgehead atoms. The van der Waals surface area contributed by atoms with E-state index in [4.69, 9.17) is 11.6 Å². The van der Waals surface area contributed by atoms with Crippen LogP contribution in [0.15, 0.2) is 29.4 Å². The van der Waals surface area contributed by atoms with Crippen LogP contribution in [0.5, 0.6) is 0 Å². The van der Waals surface area contributed by atoms with Crippen LogP contribution in [-0.4, -0.2) is 33.6 Å². The minimum atomic E-state index is -5.02. The molecule has 0 spiro atoms. The van der Waals surface area contributed by atoms with E-state index >= 15 is 0 Å². The van der Waals surface area contributed by atoms with Crippen molar-refractivity contribution in [3.05, 3.63) is 34.9 Å². The zero-order valence-corrected chi connectivity index (χ0v) is 11.7. The molecule has 1 aromatic carbocycles. The first kappa shape index (κ1) is 15.8. The lowest BCUT2D eigenvalue weighted by molar-refractivity contribution is -0.297. The summed E-state index contributed by atoms with van der Waals surface area (Å²) in [6.07, 6.45) is -5.59. The molecule has 1 aliphatic rings. The van der Waals surface area contributed by atoms with Crippen molar-refractivity contribution in [2.75, 3.05) is 0 Å². The van der Waals surface area contributed by atoms with Gasteiger partial charge in [-0.3, -0.25) is 4.79 Å². The highest BCUT2D eigenvalue weighted by atomic mass is 35.5. The number of amides is 1. The number of nitrogens with zero attached hydrogens (tertiary/aromatic N) is 2. The Balaban J connectivity index is 2.46.